The molecule has 0 saturated heterocycles. The molecule has 5 nitrogen and oxygen atoms in total. The summed E-state index contributed by atoms with van der Waals surface area (Å²) in [6.07, 6.45) is 3.69. The molecule has 150 valence electrons. The van der Waals surface area contributed by atoms with Crippen molar-refractivity contribution >= 4 is 17.4 Å². The van der Waals surface area contributed by atoms with E-state index in [0.717, 1.165) is 30.6 Å². The summed E-state index contributed by atoms with van der Waals surface area (Å²) in [5.74, 6) is 0.824. The predicted octanol–water partition coefficient (Wildman–Crippen LogP) is 5.29. The zero-order valence-corrected chi connectivity index (χ0v) is 16.7. The van der Waals surface area contributed by atoms with Crippen LogP contribution in [0.2, 0.25) is 0 Å². The first kappa shape index (κ1) is 20.5. The zero-order chi connectivity index (χ0) is 20.6. The lowest BCUT2D eigenvalue weighted by atomic mass is 10.1. The Labute approximate surface area is 170 Å². The highest BCUT2D eigenvalue weighted by atomic mass is 19.1. The summed E-state index contributed by atoms with van der Waals surface area (Å²) in [5.41, 5.74) is 2.14. The van der Waals surface area contributed by atoms with Gasteiger partial charge in [0.1, 0.15) is 11.6 Å². The molecule has 3 rings (SSSR count). The lowest BCUT2D eigenvalue weighted by Gasteiger charge is -2.21. The molecule has 0 aliphatic heterocycles. The number of hydrogen-bond donors (Lipinski definition) is 1. The highest BCUT2D eigenvalue weighted by Crippen LogP contribution is 2.20. The van der Waals surface area contributed by atoms with Gasteiger partial charge < -0.3 is 10.2 Å². The second-order valence-electron chi connectivity index (χ2n) is 6.72. The quantitative estimate of drug-likeness (QED) is 0.566. The first-order valence-electron chi connectivity index (χ1n) is 9.86. The van der Waals surface area contributed by atoms with Gasteiger partial charge in [0.05, 0.1) is 0 Å². The molecule has 1 amide bonds. The van der Waals surface area contributed by atoms with Crippen LogP contribution in [0.4, 0.5) is 15.9 Å². The Balaban J connectivity index is 1.77. The Hall–Kier alpha value is -3.28. The largest absolute Gasteiger partial charge is 0.340 e. The Morgan fingerprint density at radius 3 is 2.62 bits per heavy atom. The van der Waals surface area contributed by atoms with E-state index in [2.05, 4.69) is 22.2 Å². The normalized spacial score (nSPS) is 10.6. The number of anilines is 2. The Morgan fingerprint density at radius 1 is 1.10 bits per heavy atom. The number of hydrogen-bond acceptors (Lipinski definition) is 4. The third-order valence-corrected chi connectivity index (χ3v) is 4.59. The number of nitrogens with one attached hydrogen (secondary N) is 1. The van der Waals surface area contributed by atoms with Crippen molar-refractivity contribution in [3.8, 4) is 11.4 Å². The van der Waals surface area contributed by atoms with Gasteiger partial charge in [-0.05, 0) is 61.9 Å². The summed E-state index contributed by atoms with van der Waals surface area (Å²) in [6.45, 7) is 5.55. The molecule has 29 heavy (non-hydrogen) atoms. The fourth-order valence-electron chi connectivity index (χ4n) is 2.98. The van der Waals surface area contributed by atoms with E-state index >= 15 is 0 Å². The molecule has 0 spiro atoms. The summed E-state index contributed by atoms with van der Waals surface area (Å²) in [7, 11) is 0. The summed E-state index contributed by atoms with van der Waals surface area (Å²) in [6, 6.07) is 15.2. The summed E-state index contributed by atoms with van der Waals surface area (Å²) in [5, 5.41) is 3.22. The van der Waals surface area contributed by atoms with Gasteiger partial charge >= 0.3 is 0 Å². The number of benzene rings is 2. The lowest BCUT2D eigenvalue weighted by molar-refractivity contribution is 0.0762. The number of carbonyl (C=O) groups is 1. The lowest BCUT2D eigenvalue weighted by Crippen LogP contribution is -2.31. The predicted molar refractivity (Wildman–Crippen MR) is 114 cm³/mol. The van der Waals surface area contributed by atoms with E-state index in [4.69, 9.17) is 0 Å². The highest BCUT2D eigenvalue weighted by Gasteiger charge is 2.14. The second kappa shape index (κ2) is 9.78. The minimum absolute atomic E-state index is 0.0271. The molecule has 0 radical (unpaired) electrons. The fraction of sp³-hybridized carbons (Fsp3) is 0.261. The first-order chi connectivity index (χ1) is 14.1. The molecule has 0 fully saturated rings. The average molecular weight is 392 g/mol. The minimum Gasteiger partial charge on any atom is -0.340 e. The third kappa shape index (κ3) is 5.38. The minimum atomic E-state index is -0.301. The SMILES string of the molecule is CCCCN(CC)C(=O)c1cccc(Nc2ccnc(-c3ccc(F)cc3)n2)c1. The molecule has 0 aliphatic carbocycles. The maximum absolute atomic E-state index is 13.1. The van der Waals surface area contributed by atoms with Crippen LogP contribution in [0.3, 0.4) is 0 Å². The topological polar surface area (TPSA) is 58.1 Å². The van der Waals surface area contributed by atoms with E-state index in [-0.39, 0.29) is 11.7 Å². The number of unbranched alkanes of at least 4 members (excludes halogenated alkanes) is 1. The van der Waals surface area contributed by atoms with Crippen molar-refractivity contribution in [2.75, 3.05) is 18.4 Å². The van der Waals surface area contributed by atoms with E-state index in [1.54, 1.807) is 24.4 Å². The van der Waals surface area contributed by atoms with Crippen LogP contribution in [-0.4, -0.2) is 33.9 Å². The van der Waals surface area contributed by atoms with Gasteiger partial charge in [0.15, 0.2) is 5.82 Å². The van der Waals surface area contributed by atoms with Gasteiger partial charge in [0.2, 0.25) is 0 Å². The monoisotopic (exact) mass is 392 g/mol. The smallest absolute Gasteiger partial charge is 0.253 e. The van der Waals surface area contributed by atoms with Crippen LogP contribution in [0.1, 0.15) is 37.0 Å². The molecule has 0 atom stereocenters. The van der Waals surface area contributed by atoms with Crippen molar-refractivity contribution in [2.24, 2.45) is 0 Å². The number of carbonyl (C=O) groups excluding carboxylic acids is 1. The number of halogens is 1. The summed E-state index contributed by atoms with van der Waals surface area (Å²) in [4.78, 5) is 23.4. The zero-order valence-electron chi connectivity index (χ0n) is 16.7. The molecule has 1 heterocycles. The van der Waals surface area contributed by atoms with Crippen molar-refractivity contribution in [3.63, 3.8) is 0 Å². The van der Waals surface area contributed by atoms with E-state index in [1.165, 1.54) is 12.1 Å². The molecule has 2 aromatic carbocycles. The van der Waals surface area contributed by atoms with Crippen LogP contribution < -0.4 is 5.32 Å². The van der Waals surface area contributed by atoms with Crippen molar-refractivity contribution in [1.82, 2.24) is 14.9 Å². The van der Waals surface area contributed by atoms with Gasteiger partial charge in [-0.1, -0.05) is 19.4 Å². The molecule has 0 unspecified atom stereocenters. The van der Waals surface area contributed by atoms with Crippen LogP contribution in [0.5, 0.6) is 0 Å². The van der Waals surface area contributed by atoms with Gasteiger partial charge in [-0.15, -0.1) is 0 Å². The van der Waals surface area contributed by atoms with Crippen LogP contribution >= 0.6 is 0 Å². The van der Waals surface area contributed by atoms with Crippen LogP contribution in [0.25, 0.3) is 11.4 Å². The number of rotatable bonds is 8. The first-order valence-corrected chi connectivity index (χ1v) is 9.86. The van der Waals surface area contributed by atoms with Gasteiger partial charge in [-0.3, -0.25) is 4.79 Å². The average Bonchev–Trinajstić information content (AvgIpc) is 2.75. The van der Waals surface area contributed by atoms with E-state index in [1.807, 2.05) is 36.1 Å². The molecular weight excluding hydrogens is 367 g/mol. The third-order valence-electron chi connectivity index (χ3n) is 4.59. The summed E-state index contributed by atoms with van der Waals surface area (Å²) < 4.78 is 13.1. The molecular formula is C23H25FN4O. The van der Waals surface area contributed by atoms with Crippen LogP contribution in [0.15, 0.2) is 60.8 Å². The maximum atomic E-state index is 13.1. The number of nitrogens with zero attached hydrogens (tertiary/aromatic N) is 3. The van der Waals surface area contributed by atoms with Crippen molar-refractivity contribution in [2.45, 2.75) is 26.7 Å². The van der Waals surface area contributed by atoms with Crippen LogP contribution in [0, 0.1) is 5.82 Å². The highest BCUT2D eigenvalue weighted by molar-refractivity contribution is 5.95. The fourth-order valence-corrected chi connectivity index (χ4v) is 2.98. The number of amides is 1. The Morgan fingerprint density at radius 2 is 1.90 bits per heavy atom. The van der Waals surface area contributed by atoms with Gasteiger partial charge in [-0.2, -0.15) is 0 Å². The van der Waals surface area contributed by atoms with Crippen molar-refractivity contribution < 1.29 is 9.18 Å². The molecule has 1 aromatic heterocycles. The standard InChI is InChI=1S/C23H25FN4O/c1-3-5-15-28(4-2)23(29)18-7-6-8-20(16-18)26-21-13-14-25-22(27-21)17-9-11-19(24)12-10-17/h6-14,16H,3-5,15H2,1-2H3,(H,25,26,27). The Kier molecular flexibility index (Phi) is 6.89. The van der Waals surface area contributed by atoms with Crippen LogP contribution in [-0.2, 0) is 0 Å². The molecule has 6 heteroatoms. The maximum Gasteiger partial charge on any atom is 0.253 e. The van der Waals surface area contributed by atoms with E-state index in [9.17, 15) is 9.18 Å². The molecule has 1 N–H and O–H groups in total. The van der Waals surface area contributed by atoms with Gasteiger partial charge in [0.25, 0.3) is 5.91 Å². The van der Waals surface area contributed by atoms with Crippen molar-refractivity contribution in [1.29, 1.82) is 0 Å². The molecule has 0 aliphatic rings. The van der Waals surface area contributed by atoms with E-state index in [0.29, 0.717) is 23.8 Å². The van der Waals surface area contributed by atoms with Crippen molar-refractivity contribution in [3.05, 3.63) is 72.2 Å². The Bertz CT molecular complexity index is 959. The summed E-state index contributed by atoms with van der Waals surface area (Å²) >= 11 is 0. The second-order valence-corrected chi connectivity index (χ2v) is 6.72. The van der Waals surface area contributed by atoms with Gasteiger partial charge in [0, 0.05) is 36.1 Å². The molecule has 3 aromatic rings. The molecule has 0 bridgehead atoms. The number of aromatic nitrogens is 2. The van der Waals surface area contributed by atoms with E-state index < -0.39 is 0 Å². The van der Waals surface area contributed by atoms with Gasteiger partial charge in [-0.25, -0.2) is 14.4 Å². The molecule has 0 saturated carbocycles.